The van der Waals surface area contributed by atoms with Gasteiger partial charge in [-0.2, -0.15) is 0 Å². The van der Waals surface area contributed by atoms with Crippen LogP contribution in [-0.2, 0) is 16.0 Å². The van der Waals surface area contributed by atoms with E-state index in [-0.39, 0.29) is 12.2 Å². The minimum Gasteiger partial charge on any atom is -0.497 e. The zero-order chi connectivity index (χ0) is 18.4. The molecule has 1 heterocycles. The van der Waals surface area contributed by atoms with E-state index in [1.807, 2.05) is 32.9 Å². The third-order valence-electron chi connectivity index (χ3n) is 3.92. The van der Waals surface area contributed by atoms with Gasteiger partial charge in [-0.25, -0.2) is 4.79 Å². The summed E-state index contributed by atoms with van der Waals surface area (Å²) in [6.07, 6.45) is -0.275. The van der Waals surface area contributed by atoms with Crippen LogP contribution in [0.4, 0.5) is 4.79 Å². The van der Waals surface area contributed by atoms with Gasteiger partial charge in [0.2, 0.25) is 0 Å². The molecule has 0 N–H and O–H groups in total. The lowest BCUT2D eigenvalue weighted by molar-refractivity contribution is -0.0508. The van der Waals surface area contributed by atoms with E-state index >= 15 is 0 Å². The largest absolute Gasteiger partial charge is 0.497 e. The highest BCUT2D eigenvalue weighted by molar-refractivity contribution is 5.68. The summed E-state index contributed by atoms with van der Waals surface area (Å²) in [5.74, 6) is 0.856. The fraction of sp³-hybridized carbons (Fsp3) is 0.632. The molecule has 1 amide bonds. The minimum atomic E-state index is -0.476. The highest BCUT2D eigenvalue weighted by Gasteiger charge is 2.28. The van der Waals surface area contributed by atoms with Crippen molar-refractivity contribution in [2.45, 2.75) is 39.0 Å². The van der Waals surface area contributed by atoms with Crippen LogP contribution in [0.2, 0.25) is 0 Å². The highest BCUT2D eigenvalue weighted by Crippen LogP contribution is 2.15. The molecule has 0 spiro atoms. The van der Waals surface area contributed by atoms with Crippen molar-refractivity contribution in [1.29, 1.82) is 0 Å². The van der Waals surface area contributed by atoms with Gasteiger partial charge in [0.1, 0.15) is 11.4 Å². The Kier molecular flexibility index (Phi) is 6.67. The van der Waals surface area contributed by atoms with E-state index in [9.17, 15) is 4.79 Å². The fourth-order valence-electron chi connectivity index (χ4n) is 2.78. The van der Waals surface area contributed by atoms with Crippen LogP contribution in [0, 0.1) is 0 Å². The zero-order valence-electron chi connectivity index (χ0n) is 15.9. The summed E-state index contributed by atoms with van der Waals surface area (Å²) in [6, 6.07) is 8.04. The van der Waals surface area contributed by atoms with Crippen molar-refractivity contribution in [2.24, 2.45) is 0 Å². The minimum absolute atomic E-state index is 0.00971. The molecule has 1 aromatic rings. The first kappa shape index (κ1) is 19.5. The van der Waals surface area contributed by atoms with Crippen LogP contribution in [0.5, 0.6) is 5.75 Å². The van der Waals surface area contributed by atoms with E-state index in [0.717, 1.165) is 18.8 Å². The van der Waals surface area contributed by atoms with Crippen LogP contribution in [0.3, 0.4) is 0 Å². The number of hydrogen-bond acceptors (Lipinski definition) is 5. The molecule has 1 aromatic carbocycles. The maximum Gasteiger partial charge on any atom is 0.410 e. The lowest BCUT2D eigenvalue weighted by Gasteiger charge is -2.35. The van der Waals surface area contributed by atoms with Gasteiger partial charge in [0.25, 0.3) is 0 Å². The number of hydrogen-bond donors (Lipinski definition) is 0. The standard InChI is InChI=1S/C19H30N2O4/c1-19(2,3)25-18(22)21-10-11-24-17(14-21)13-20(4)12-15-6-8-16(23-5)9-7-15/h6-9,17H,10-14H2,1-5H3/t17-/m0/s1. The van der Waals surface area contributed by atoms with Gasteiger partial charge in [0.05, 0.1) is 26.4 Å². The van der Waals surface area contributed by atoms with Gasteiger partial charge in [-0.1, -0.05) is 12.1 Å². The number of ether oxygens (including phenoxy) is 3. The summed E-state index contributed by atoms with van der Waals surface area (Å²) in [6.45, 7) is 8.89. The first-order chi connectivity index (χ1) is 11.8. The smallest absolute Gasteiger partial charge is 0.410 e. The Balaban J connectivity index is 1.83. The Morgan fingerprint density at radius 3 is 2.60 bits per heavy atom. The summed E-state index contributed by atoms with van der Waals surface area (Å²) in [7, 11) is 3.72. The first-order valence-corrected chi connectivity index (χ1v) is 8.68. The zero-order valence-corrected chi connectivity index (χ0v) is 15.9. The molecule has 6 heteroatoms. The molecular formula is C19H30N2O4. The lowest BCUT2D eigenvalue weighted by Crippen LogP contribution is -2.50. The van der Waals surface area contributed by atoms with Crippen LogP contribution < -0.4 is 4.74 Å². The first-order valence-electron chi connectivity index (χ1n) is 8.68. The van der Waals surface area contributed by atoms with Gasteiger partial charge in [-0.05, 0) is 45.5 Å². The predicted molar refractivity (Wildman–Crippen MR) is 96.9 cm³/mol. The van der Waals surface area contributed by atoms with Crippen molar-refractivity contribution < 1.29 is 19.0 Å². The number of likely N-dealkylation sites (N-methyl/N-ethyl adjacent to an activating group) is 1. The second-order valence-corrected chi connectivity index (χ2v) is 7.46. The number of carbonyl (C=O) groups is 1. The Morgan fingerprint density at radius 1 is 1.32 bits per heavy atom. The van der Waals surface area contributed by atoms with Crippen LogP contribution in [0.25, 0.3) is 0 Å². The topological polar surface area (TPSA) is 51.2 Å². The van der Waals surface area contributed by atoms with E-state index in [1.54, 1.807) is 12.0 Å². The average molecular weight is 350 g/mol. The molecule has 0 aromatic heterocycles. The second-order valence-electron chi connectivity index (χ2n) is 7.46. The van der Waals surface area contributed by atoms with Gasteiger partial charge in [0.15, 0.2) is 0 Å². The Labute approximate surface area is 150 Å². The van der Waals surface area contributed by atoms with Crippen molar-refractivity contribution in [3.8, 4) is 5.75 Å². The highest BCUT2D eigenvalue weighted by atomic mass is 16.6. The van der Waals surface area contributed by atoms with E-state index in [4.69, 9.17) is 14.2 Å². The van der Waals surface area contributed by atoms with Crippen molar-refractivity contribution in [3.63, 3.8) is 0 Å². The summed E-state index contributed by atoms with van der Waals surface area (Å²) in [5.41, 5.74) is 0.735. The third-order valence-corrected chi connectivity index (χ3v) is 3.92. The van der Waals surface area contributed by atoms with Gasteiger partial charge in [-0.3, -0.25) is 4.90 Å². The molecule has 1 fully saturated rings. The molecule has 0 radical (unpaired) electrons. The Hall–Kier alpha value is -1.79. The molecule has 1 atom stereocenters. The molecule has 0 saturated carbocycles. The SMILES string of the molecule is COc1ccc(CN(C)C[C@H]2CN(C(=O)OC(C)(C)C)CCO2)cc1. The van der Waals surface area contributed by atoms with E-state index in [0.29, 0.717) is 19.7 Å². The van der Waals surface area contributed by atoms with E-state index in [2.05, 4.69) is 24.1 Å². The molecule has 25 heavy (non-hydrogen) atoms. The van der Waals surface area contributed by atoms with E-state index in [1.165, 1.54) is 5.56 Å². The Morgan fingerprint density at radius 2 is 2.00 bits per heavy atom. The summed E-state index contributed by atoms with van der Waals surface area (Å²) in [4.78, 5) is 16.2. The predicted octanol–water partition coefficient (Wildman–Crippen LogP) is 2.76. The molecule has 6 nitrogen and oxygen atoms in total. The molecule has 2 rings (SSSR count). The van der Waals surface area contributed by atoms with Gasteiger partial charge in [-0.15, -0.1) is 0 Å². The normalized spacial score (nSPS) is 18.3. The summed E-state index contributed by atoms with van der Waals surface area (Å²) in [5, 5.41) is 0. The van der Waals surface area contributed by atoms with E-state index < -0.39 is 5.60 Å². The van der Waals surface area contributed by atoms with Crippen molar-refractivity contribution >= 4 is 6.09 Å². The van der Waals surface area contributed by atoms with Crippen LogP contribution in [0.15, 0.2) is 24.3 Å². The number of benzene rings is 1. The second kappa shape index (κ2) is 8.54. The van der Waals surface area contributed by atoms with Crippen molar-refractivity contribution in [3.05, 3.63) is 29.8 Å². The van der Waals surface area contributed by atoms with Crippen molar-refractivity contribution in [1.82, 2.24) is 9.80 Å². The Bertz CT molecular complexity index is 554. The fourth-order valence-corrected chi connectivity index (χ4v) is 2.78. The molecule has 1 aliphatic rings. The van der Waals surface area contributed by atoms with Gasteiger partial charge < -0.3 is 19.1 Å². The third kappa shape index (κ3) is 6.55. The van der Waals surface area contributed by atoms with Crippen LogP contribution in [0.1, 0.15) is 26.3 Å². The molecule has 140 valence electrons. The lowest BCUT2D eigenvalue weighted by atomic mass is 10.2. The maximum absolute atomic E-state index is 12.2. The molecular weight excluding hydrogens is 320 g/mol. The number of methoxy groups -OCH3 is 1. The number of amides is 1. The maximum atomic E-state index is 12.2. The molecule has 0 unspecified atom stereocenters. The quantitative estimate of drug-likeness (QED) is 0.817. The average Bonchev–Trinajstić information content (AvgIpc) is 2.54. The molecule has 0 bridgehead atoms. The molecule has 0 aliphatic carbocycles. The summed E-state index contributed by atoms with van der Waals surface area (Å²) < 4.78 is 16.5. The van der Waals surface area contributed by atoms with Gasteiger partial charge >= 0.3 is 6.09 Å². The molecule has 1 aliphatic heterocycles. The number of carbonyl (C=O) groups excluding carboxylic acids is 1. The monoisotopic (exact) mass is 350 g/mol. The number of morpholine rings is 1. The van der Waals surface area contributed by atoms with Gasteiger partial charge in [0, 0.05) is 19.6 Å². The van der Waals surface area contributed by atoms with Crippen LogP contribution >= 0.6 is 0 Å². The summed E-state index contributed by atoms with van der Waals surface area (Å²) >= 11 is 0. The number of nitrogens with zero attached hydrogens (tertiary/aromatic N) is 2. The van der Waals surface area contributed by atoms with Crippen molar-refractivity contribution in [2.75, 3.05) is 40.4 Å². The van der Waals surface area contributed by atoms with Crippen LogP contribution in [-0.4, -0.2) is 68.0 Å². The molecule has 1 saturated heterocycles. The number of rotatable bonds is 5.